The predicted molar refractivity (Wildman–Crippen MR) is 186 cm³/mol. The Morgan fingerprint density at radius 3 is 2.10 bits per heavy atom. The van der Waals surface area contributed by atoms with Gasteiger partial charge in [0.1, 0.15) is 39.0 Å². The first-order chi connectivity index (χ1) is 22.8. The van der Waals surface area contributed by atoms with Crippen LogP contribution in [-0.4, -0.2) is 108 Å². The van der Waals surface area contributed by atoms with Gasteiger partial charge in [0.15, 0.2) is 0 Å². The van der Waals surface area contributed by atoms with Crippen LogP contribution in [0, 0.1) is 0 Å². The second-order valence-electron chi connectivity index (χ2n) is 13.2. The van der Waals surface area contributed by atoms with Crippen LogP contribution in [-0.2, 0) is 15.3 Å². The molecule has 258 valence electrons. The van der Waals surface area contributed by atoms with Crippen molar-refractivity contribution in [1.82, 2.24) is 14.7 Å². The molecule has 0 spiro atoms. The summed E-state index contributed by atoms with van der Waals surface area (Å²) in [6.45, 7) is 8.86. The molecule has 2 aliphatic rings. The second kappa shape index (κ2) is 14.6. The van der Waals surface area contributed by atoms with E-state index in [1.165, 1.54) is 6.26 Å². The fraction of sp³-hybridized carbons (Fsp3) is 0.444. The van der Waals surface area contributed by atoms with Gasteiger partial charge in [-0.05, 0) is 73.0 Å². The van der Waals surface area contributed by atoms with Crippen LogP contribution >= 0.6 is 0 Å². The Balaban J connectivity index is 1.57. The van der Waals surface area contributed by atoms with Crippen LogP contribution in [0.25, 0.3) is 0 Å². The van der Waals surface area contributed by atoms with E-state index in [1.807, 2.05) is 39.0 Å². The van der Waals surface area contributed by atoms with Gasteiger partial charge in [0, 0.05) is 37.8 Å². The lowest BCUT2D eigenvalue weighted by Crippen LogP contribution is -2.54. The van der Waals surface area contributed by atoms with Crippen molar-refractivity contribution < 1.29 is 33.3 Å². The third-order valence-corrected chi connectivity index (χ3v) is 10.1. The summed E-state index contributed by atoms with van der Waals surface area (Å²) in [4.78, 5) is 25.7. The summed E-state index contributed by atoms with van der Waals surface area (Å²) < 4.78 is 29.4. The number of rotatable bonds is 11. The van der Waals surface area contributed by atoms with Crippen LogP contribution in [0.1, 0.15) is 61.5 Å². The minimum absolute atomic E-state index is 0.0600. The molecule has 3 N–H and O–H groups in total. The van der Waals surface area contributed by atoms with Crippen LogP contribution in [0.5, 0.6) is 17.2 Å². The van der Waals surface area contributed by atoms with Gasteiger partial charge < -0.3 is 25.0 Å². The third-order valence-electron chi connectivity index (χ3n) is 9.07. The molecular formula is C36H46N4O7S. The summed E-state index contributed by atoms with van der Waals surface area (Å²) >= 11 is 0. The molecule has 0 saturated carbocycles. The summed E-state index contributed by atoms with van der Waals surface area (Å²) in [5.41, 5.74) is 2.55. The number of amides is 2. The number of piperazine rings is 1. The Bertz CT molecular complexity index is 1720. The Hall–Kier alpha value is -4.13. The molecule has 5 rings (SSSR count). The molecule has 2 amide bonds. The number of amidine groups is 1. The molecule has 1 saturated heterocycles. The summed E-state index contributed by atoms with van der Waals surface area (Å²) in [5, 5.41) is 30.3. The molecule has 0 bridgehead atoms. The lowest BCUT2D eigenvalue weighted by atomic mass is 9.85. The van der Waals surface area contributed by atoms with E-state index in [-0.39, 0.29) is 29.9 Å². The Kier molecular flexibility index (Phi) is 10.7. The number of hydrogen-bond acceptors (Lipinski definition) is 9. The number of aliphatic hydroxyl groups is 1. The van der Waals surface area contributed by atoms with E-state index in [0.29, 0.717) is 62.9 Å². The molecule has 2 heterocycles. The third kappa shape index (κ3) is 7.94. The molecule has 1 fully saturated rings. The van der Waals surface area contributed by atoms with Crippen molar-refractivity contribution in [2.45, 2.75) is 44.7 Å². The first-order valence-corrected chi connectivity index (χ1v) is 18.4. The lowest BCUT2D eigenvalue weighted by molar-refractivity contribution is 0.119. The number of nitrogens with zero attached hydrogens (tertiary/aromatic N) is 4. The van der Waals surface area contributed by atoms with E-state index in [2.05, 4.69) is 4.90 Å². The maximum Gasteiger partial charge on any atom is 0.326 e. The van der Waals surface area contributed by atoms with Crippen molar-refractivity contribution in [1.29, 1.82) is 0 Å². The van der Waals surface area contributed by atoms with Crippen molar-refractivity contribution in [3.63, 3.8) is 0 Å². The van der Waals surface area contributed by atoms with Gasteiger partial charge in [0.25, 0.3) is 0 Å². The zero-order chi connectivity index (χ0) is 34.6. The molecule has 12 heteroatoms. The number of benzene rings is 3. The van der Waals surface area contributed by atoms with E-state index in [1.54, 1.807) is 58.3 Å². The second-order valence-corrected chi connectivity index (χ2v) is 15.4. The molecule has 2 unspecified atom stereocenters. The summed E-state index contributed by atoms with van der Waals surface area (Å²) in [6.07, 6.45) is 1.78. The quantitative estimate of drug-likeness (QED) is 0.270. The Morgan fingerprint density at radius 1 is 0.938 bits per heavy atom. The molecule has 0 aliphatic carbocycles. The highest BCUT2D eigenvalue weighted by Crippen LogP contribution is 2.46. The van der Waals surface area contributed by atoms with Crippen molar-refractivity contribution in [2.75, 3.05) is 57.9 Å². The van der Waals surface area contributed by atoms with Crippen molar-refractivity contribution in [2.24, 2.45) is 4.99 Å². The first-order valence-electron chi connectivity index (χ1n) is 16.3. The molecule has 2 atom stereocenters. The monoisotopic (exact) mass is 678 g/mol. The van der Waals surface area contributed by atoms with E-state index < -0.39 is 27.3 Å². The molecule has 48 heavy (non-hydrogen) atoms. The summed E-state index contributed by atoms with van der Waals surface area (Å²) in [6, 6.07) is 17.9. The number of aliphatic hydroxyl groups excluding tert-OH is 1. The molecule has 11 nitrogen and oxygen atoms in total. The molecule has 3 aromatic rings. The first kappa shape index (κ1) is 35.2. The molecule has 3 aromatic carbocycles. The molecule has 2 aliphatic heterocycles. The maximum atomic E-state index is 14.8. The predicted octanol–water partition coefficient (Wildman–Crippen LogP) is 4.48. The van der Waals surface area contributed by atoms with Crippen LogP contribution in [0.3, 0.4) is 0 Å². The fourth-order valence-electron chi connectivity index (χ4n) is 6.24. The van der Waals surface area contributed by atoms with Gasteiger partial charge >= 0.3 is 6.03 Å². The number of carbonyl (C=O) groups excluding carboxylic acids is 1. The van der Waals surface area contributed by atoms with Gasteiger partial charge in [-0.3, -0.25) is 14.8 Å². The molecule has 0 aromatic heterocycles. The Labute approximate surface area is 283 Å². The van der Waals surface area contributed by atoms with Crippen LogP contribution in [0.2, 0.25) is 0 Å². The average molecular weight is 679 g/mol. The number of aliphatic imine (C=N–C) groups is 1. The number of ether oxygens (including phenoxy) is 1. The highest BCUT2D eigenvalue weighted by Gasteiger charge is 2.45. The van der Waals surface area contributed by atoms with Crippen LogP contribution in [0.15, 0.2) is 71.7 Å². The summed E-state index contributed by atoms with van der Waals surface area (Å²) in [5.74, 6) is 1.32. The minimum atomic E-state index is -3.04. The number of hydrogen-bond donors (Lipinski definition) is 3. The number of carbonyl (C=O) groups is 1. The highest BCUT2D eigenvalue weighted by atomic mass is 32.2. The number of sulfone groups is 1. The maximum absolute atomic E-state index is 14.8. The van der Waals surface area contributed by atoms with E-state index in [9.17, 15) is 28.5 Å². The number of phenolic OH excluding ortho intramolecular Hbond substituents is 2. The van der Waals surface area contributed by atoms with Gasteiger partial charge in [-0.1, -0.05) is 44.2 Å². The zero-order valence-corrected chi connectivity index (χ0v) is 28.9. The topological polar surface area (TPSA) is 143 Å². The molecular weight excluding hydrogens is 632 g/mol. The van der Waals surface area contributed by atoms with Gasteiger partial charge in [0.2, 0.25) is 0 Å². The van der Waals surface area contributed by atoms with Crippen molar-refractivity contribution in [3.8, 4) is 17.2 Å². The number of urea groups is 1. The smallest absolute Gasteiger partial charge is 0.326 e. The average Bonchev–Trinajstić information content (AvgIpc) is 3.45. The standard InChI is InChI=1S/C36H46N4O7S/c1-5-47-31-23-27(36(2,3)24-41)11-16-30(31)34-37-32(25-7-12-28(42)13-8-25)33(26-9-14-29(43)15-10-26)40(34)35(44)39-20-18-38(19-21-39)17-6-22-48(4,45)46/h7-16,23,32-33,41-43H,5-6,17-22,24H2,1-4H3. The summed E-state index contributed by atoms with van der Waals surface area (Å²) in [7, 11) is -3.04. The van der Waals surface area contributed by atoms with Gasteiger partial charge in [0.05, 0.1) is 30.6 Å². The van der Waals surface area contributed by atoms with Crippen LogP contribution in [0.4, 0.5) is 4.79 Å². The van der Waals surface area contributed by atoms with Gasteiger partial charge in [-0.2, -0.15) is 0 Å². The van der Waals surface area contributed by atoms with Crippen molar-refractivity contribution >= 4 is 21.7 Å². The number of phenols is 2. The SMILES string of the molecule is CCOc1cc(C(C)(C)CO)ccc1C1=NC(c2ccc(O)cc2)C(c2ccc(O)cc2)N1C(=O)N1CCN(CCCS(C)(=O)=O)CC1. The zero-order valence-electron chi connectivity index (χ0n) is 28.0. The van der Waals surface area contributed by atoms with E-state index in [4.69, 9.17) is 9.73 Å². The number of aromatic hydroxyl groups is 2. The lowest BCUT2D eigenvalue weighted by Gasteiger charge is -2.39. The fourth-order valence-corrected chi connectivity index (χ4v) is 6.89. The Morgan fingerprint density at radius 2 is 1.54 bits per heavy atom. The van der Waals surface area contributed by atoms with E-state index >= 15 is 0 Å². The largest absolute Gasteiger partial charge is 0.508 e. The highest BCUT2D eigenvalue weighted by molar-refractivity contribution is 7.90. The minimum Gasteiger partial charge on any atom is -0.508 e. The van der Waals surface area contributed by atoms with Gasteiger partial charge in [-0.25, -0.2) is 13.2 Å². The normalized spacial score (nSPS) is 19.0. The van der Waals surface area contributed by atoms with Crippen molar-refractivity contribution in [3.05, 3.63) is 89.0 Å². The van der Waals surface area contributed by atoms with Gasteiger partial charge in [-0.15, -0.1) is 0 Å². The van der Waals surface area contributed by atoms with Crippen LogP contribution < -0.4 is 4.74 Å². The van der Waals surface area contributed by atoms with E-state index in [0.717, 1.165) is 16.7 Å². The molecule has 0 radical (unpaired) electrons.